The average Bonchev–Trinajstić information content (AvgIpc) is 3.36. The molecule has 0 saturated heterocycles. The Morgan fingerprint density at radius 3 is 2.34 bits per heavy atom. The molecule has 0 aliphatic carbocycles. The highest BCUT2D eigenvalue weighted by atomic mass is 16.6. The van der Waals surface area contributed by atoms with E-state index in [1.807, 2.05) is 90.7 Å². The Bertz CT molecular complexity index is 1290. The quantitative estimate of drug-likeness (QED) is 0.192. The second-order valence-electron chi connectivity index (χ2n) is 9.36. The predicted molar refractivity (Wildman–Crippen MR) is 146 cm³/mol. The third-order valence-electron chi connectivity index (χ3n) is 6.55. The SMILES string of the molecule is CCOC(=O)COc1ccc(C[C@@H](C)N(CC(O)c2occ3ccccc23)[C@H](O)Cc2ccccc2)cc1. The molecule has 0 saturated carbocycles. The van der Waals surface area contributed by atoms with E-state index in [1.165, 1.54) is 0 Å². The zero-order chi connectivity index (χ0) is 26.9. The van der Waals surface area contributed by atoms with Crippen molar-refractivity contribution in [3.63, 3.8) is 0 Å². The van der Waals surface area contributed by atoms with Gasteiger partial charge in [0.05, 0.1) is 12.9 Å². The van der Waals surface area contributed by atoms with E-state index in [0.717, 1.165) is 21.9 Å². The van der Waals surface area contributed by atoms with E-state index >= 15 is 0 Å². The van der Waals surface area contributed by atoms with Crippen LogP contribution in [0.2, 0.25) is 0 Å². The van der Waals surface area contributed by atoms with Gasteiger partial charge in [-0.3, -0.25) is 4.90 Å². The van der Waals surface area contributed by atoms with Gasteiger partial charge < -0.3 is 24.1 Å². The van der Waals surface area contributed by atoms with E-state index in [9.17, 15) is 15.0 Å². The molecule has 7 nitrogen and oxygen atoms in total. The number of aliphatic hydroxyl groups excluding tert-OH is 2. The standard InChI is InChI=1S/C31H35NO6/c1-3-36-30(35)21-37-26-15-13-24(14-16-26)17-22(2)32(29(34)18-23-9-5-4-6-10-23)19-28(33)31-27-12-8-7-11-25(27)20-38-31/h4-16,20,22,28-29,33-34H,3,17-19,21H2,1-2H3/t22-,28?,29-/m1/s1. The maximum atomic E-state index is 11.5. The minimum atomic E-state index is -0.915. The lowest BCUT2D eigenvalue weighted by molar-refractivity contribution is -0.145. The van der Waals surface area contributed by atoms with Gasteiger partial charge in [-0.1, -0.05) is 66.7 Å². The van der Waals surface area contributed by atoms with Gasteiger partial charge in [-0.05, 0) is 43.5 Å². The van der Waals surface area contributed by atoms with Gasteiger partial charge in [-0.25, -0.2) is 4.79 Å². The van der Waals surface area contributed by atoms with Crippen LogP contribution in [0.15, 0.2) is 89.5 Å². The van der Waals surface area contributed by atoms with Crippen LogP contribution in [0.3, 0.4) is 0 Å². The highest BCUT2D eigenvalue weighted by Gasteiger charge is 2.27. The number of aliphatic hydroxyl groups is 2. The maximum Gasteiger partial charge on any atom is 0.344 e. The summed E-state index contributed by atoms with van der Waals surface area (Å²) in [5.41, 5.74) is 2.05. The number of hydrogen-bond donors (Lipinski definition) is 2. The smallest absolute Gasteiger partial charge is 0.344 e. The molecule has 0 bridgehead atoms. The molecule has 0 radical (unpaired) electrons. The molecule has 3 atom stereocenters. The van der Waals surface area contributed by atoms with Crippen LogP contribution >= 0.6 is 0 Å². The van der Waals surface area contributed by atoms with Crippen LogP contribution in [0.4, 0.5) is 0 Å². The molecule has 1 unspecified atom stereocenters. The van der Waals surface area contributed by atoms with Crippen LogP contribution in [-0.2, 0) is 22.4 Å². The molecule has 7 heteroatoms. The molecule has 0 aliphatic rings. The molecule has 38 heavy (non-hydrogen) atoms. The summed E-state index contributed by atoms with van der Waals surface area (Å²) in [6, 6.07) is 24.9. The lowest BCUT2D eigenvalue weighted by Gasteiger charge is -2.35. The Morgan fingerprint density at radius 2 is 1.61 bits per heavy atom. The van der Waals surface area contributed by atoms with Gasteiger partial charge in [0.2, 0.25) is 0 Å². The number of nitrogens with zero attached hydrogens (tertiary/aromatic N) is 1. The van der Waals surface area contributed by atoms with Crippen molar-refractivity contribution in [2.24, 2.45) is 0 Å². The molecule has 2 N–H and O–H groups in total. The predicted octanol–water partition coefficient (Wildman–Crippen LogP) is 4.90. The van der Waals surface area contributed by atoms with Gasteiger partial charge in [-0.2, -0.15) is 0 Å². The van der Waals surface area contributed by atoms with Crippen molar-refractivity contribution in [3.05, 3.63) is 102 Å². The fourth-order valence-electron chi connectivity index (χ4n) is 4.62. The number of ether oxygens (including phenoxy) is 2. The summed E-state index contributed by atoms with van der Waals surface area (Å²) in [7, 11) is 0. The van der Waals surface area contributed by atoms with Crippen molar-refractivity contribution in [1.82, 2.24) is 4.90 Å². The van der Waals surface area contributed by atoms with Gasteiger partial charge in [0.1, 0.15) is 23.8 Å². The van der Waals surface area contributed by atoms with Crippen molar-refractivity contribution < 1.29 is 28.9 Å². The lowest BCUT2D eigenvalue weighted by atomic mass is 10.0. The van der Waals surface area contributed by atoms with Crippen LogP contribution in [0.1, 0.15) is 36.8 Å². The summed E-state index contributed by atoms with van der Waals surface area (Å²) in [5, 5.41) is 24.3. The number of carbonyl (C=O) groups excluding carboxylic acids is 1. The van der Waals surface area contributed by atoms with E-state index in [-0.39, 0.29) is 19.2 Å². The second kappa shape index (κ2) is 13.2. The molecule has 1 aromatic heterocycles. The molecule has 0 aliphatic heterocycles. The third-order valence-corrected chi connectivity index (χ3v) is 6.55. The van der Waals surface area contributed by atoms with Crippen molar-refractivity contribution >= 4 is 16.7 Å². The van der Waals surface area contributed by atoms with E-state index < -0.39 is 18.3 Å². The normalized spacial score (nSPS) is 13.8. The number of hydrogen-bond acceptors (Lipinski definition) is 7. The fraction of sp³-hybridized carbons (Fsp3) is 0.323. The van der Waals surface area contributed by atoms with Crippen molar-refractivity contribution in [2.75, 3.05) is 19.8 Å². The molecule has 200 valence electrons. The first-order valence-corrected chi connectivity index (χ1v) is 12.9. The summed E-state index contributed by atoms with van der Waals surface area (Å²) in [6.07, 6.45) is 0.984. The highest BCUT2D eigenvalue weighted by molar-refractivity contribution is 5.84. The van der Waals surface area contributed by atoms with Crippen LogP contribution in [0, 0.1) is 0 Å². The molecule has 4 rings (SSSR count). The summed E-state index contributed by atoms with van der Waals surface area (Å²) in [4.78, 5) is 13.5. The first-order valence-electron chi connectivity index (χ1n) is 12.9. The molecular formula is C31H35NO6. The zero-order valence-corrected chi connectivity index (χ0v) is 21.8. The van der Waals surface area contributed by atoms with Crippen molar-refractivity contribution in [1.29, 1.82) is 0 Å². The van der Waals surface area contributed by atoms with Gasteiger partial charge in [0.15, 0.2) is 6.61 Å². The molecule has 3 aromatic carbocycles. The van der Waals surface area contributed by atoms with Crippen LogP contribution in [0.25, 0.3) is 10.8 Å². The van der Waals surface area contributed by atoms with Crippen LogP contribution in [0.5, 0.6) is 5.75 Å². The largest absolute Gasteiger partial charge is 0.482 e. The summed E-state index contributed by atoms with van der Waals surface area (Å²) in [5.74, 6) is 0.666. The summed E-state index contributed by atoms with van der Waals surface area (Å²) >= 11 is 0. The number of benzene rings is 3. The number of carbonyl (C=O) groups is 1. The van der Waals surface area contributed by atoms with Gasteiger partial charge >= 0.3 is 5.97 Å². The first-order chi connectivity index (χ1) is 18.4. The van der Waals surface area contributed by atoms with Gasteiger partial charge in [0, 0.05) is 29.8 Å². The number of esters is 1. The van der Waals surface area contributed by atoms with E-state index in [1.54, 1.807) is 13.2 Å². The molecule has 0 amide bonds. The minimum Gasteiger partial charge on any atom is -0.482 e. The average molecular weight is 518 g/mol. The Balaban J connectivity index is 1.47. The van der Waals surface area contributed by atoms with Crippen LogP contribution in [-0.4, -0.2) is 53.1 Å². The van der Waals surface area contributed by atoms with Gasteiger partial charge in [0.25, 0.3) is 0 Å². The molecule has 4 aromatic rings. The van der Waals surface area contributed by atoms with Crippen molar-refractivity contribution in [3.8, 4) is 5.75 Å². The number of rotatable bonds is 13. The zero-order valence-electron chi connectivity index (χ0n) is 21.8. The number of furan rings is 1. The van der Waals surface area contributed by atoms with Gasteiger partial charge in [-0.15, -0.1) is 0 Å². The Hall–Kier alpha value is -3.65. The van der Waals surface area contributed by atoms with Crippen LogP contribution < -0.4 is 4.74 Å². The van der Waals surface area contributed by atoms with Crippen molar-refractivity contribution in [2.45, 2.75) is 45.1 Å². The maximum absolute atomic E-state index is 11.5. The second-order valence-corrected chi connectivity index (χ2v) is 9.36. The highest BCUT2D eigenvalue weighted by Crippen LogP contribution is 2.28. The van der Waals surface area contributed by atoms with E-state index in [0.29, 0.717) is 31.0 Å². The molecule has 0 spiro atoms. The monoisotopic (exact) mass is 517 g/mol. The molecule has 1 heterocycles. The lowest BCUT2D eigenvalue weighted by Crippen LogP contribution is -2.46. The third kappa shape index (κ3) is 7.22. The Kier molecular flexibility index (Phi) is 9.54. The fourth-order valence-corrected chi connectivity index (χ4v) is 4.62. The summed E-state index contributed by atoms with van der Waals surface area (Å²) < 4.78 is 16.1. The Labute approximate surface area is 223 Å². The summed E-state index contributed by atoms with van der Waals surface area (Å²) in [6.45, 7) is 4.17. The molecular weight excluding hydrogens is 482 g/mol. The number of fused-ring (bicyclic) bond motifs is 1. The van der Waals surface area contributed by atoms with E-state index in [4.69, 9.17) is 13.9 Å². The Morgan fingerprint density at radius 1 is 0.921 bits per heavy atom. The molecule has 0 fully saturated rings. The topological polar surface area (TPSA) is 92.4 Å². The van der Waals surface area contributed by atoms with E-state index in [2.05, 4.69) is 0 Å². The minimum absolute atomic E-state index is 0.101. The first kappa shape index (κ1) is 27.4.